The molecular formula is C15H22BrN7. The van der Waals surface area contributed by atoms with Gasteiger partial charge in [0.2, 0.25) is 0 Å². The zero-order chi connectivity index (χ0) is 16.6. The SMILES string of the molecule is C/C(=C\N(C)N)c1cnn2c(N)c(Br)c(C3CCCNC3)nc12. The fourth-order valence-electron chi connectivity index (χ4n) is 3.02. The topological polar surface area (TPSA) is 97.5 Å². The summed E-state index contributed by atoms with van der Waals surface area (Å²) >= 11 is 3.60. The van der Waals surface area contributed by atoms with Gasteiger partial charge >= 0.3 is 0 Å². The summed E-state index contributed by atoms with van der Waals surface area (Å²) < 4.78 is 2.51. The molecule has 0 aromatic carbocycles. The predicted molar refractivity (Wildman–Crippen MR) is 95.5 cm³/mol. The number of allylic oxidation sites excluding steroid dienone is 1. The van der Waals surface area contributed by atoms with E-state index in [1.165, 1.54) is 5.01 Å². The van der Waals surface area contributed by atoms with Crippen LogP contribution in [0.15, 0.2) is 16.9 Å². The van der Waals surface area contributed by atoms with E-state index in [2.05, 4.69) is 26.3 Å². The van der Waals surface area contributed by atoms with Crippen molar-refractivity contribution in [3.63, 3.8) is 0 Å². The molecule has 1 unspecified atom stereocenters. The molecule has 5 N–H and O–H groups in total. The summed E-state index contributed by atoms with van der Waals surface area (Å²) in [7, 11) is 1.78. The lowest BCUT2D eigenvalue weighted by atomic mass is 9.96. The number of hydrogen-bond donors (Lipinski definition) is 3. The molecule has 0 radical (unpaired) electrons. The summed E-state index contributed by atoms with van der Waals surface area (Å²) in [5.41, 5.74) is 9.97. The molecule has 23 heavy (non-hydrogen) atoms. The molecule has 0 aliphatic carbocycles. The van der Waals surface area contributed by atoms with Crippen LogP contribution in [0.5, 0.6) is 0 Å². The van der Waals surface area contributed by atoms with E-state index in [1.807, 2.05) is 13.1 Å². The summed E-state index contributed by atoms with van der Waals surface area (Å²) in [6.45, 7) is 3.97. The van der Waals surface area contributed by atoms with Crippen LogP contribution in [-0.2, 0) is 0 Å². The van der Waals surface area contributed by atoms with Gasteiger partial charge in [-0.25, -0.2) is 10.8 Å². The van der Waals surface area contributed by atoms with Crippen LogP contribution in [0.2, 0.25) is 0 Å². The van der Waals surface area contributed by atoms with Gasteiger partial charge in [0.15, 0.2) is 5.65 Å². The molecule has 2 aromatic rings. The summed E-state index contributed by atoms with van der Waals surface area (Å²) in [6.07, 6.45) is 5.88. The Morgan fingerprint density at radius 3 is 3.00 bits per heavy atom. The number of nitrogen functional groups attached to an aromatic ring is 1. The number of hydrazine groups is 1. The zero-order valence-electron chi connectivity index (χ0n) is 13.4. The van der Waals surface area contributed by atoms with E-state index in [-0.39, 0.29) is 0 Å². The summed E-state index contributed by atoms with van der Waals surface area (Å²) in [4.78, 5) is 4.88. The summed E-state index contributed by atoms with van der Waals surface area (Å²) in [5, 5.41) is 9.32. The van der Waals surface area contributed by atoms with Gasteiger partial charge in [-0.2, -0.15) is 9.61 Å². The normalized spacial score (nSPS) is 19.3. The third-order valence-corrected chi connectivity index (χ3v) is 4.97. The van der Waals surface area contributed by atoms with Crippen molar-refractivity contribution in [2.24, 2.45) is 5.84 Å². The van der Waals surface area contributed by atoms with Crippen molar-refractivity contribution in [2.75, 3.05) is 25.9 Å². The highest BCUT2D eigenvalue weighted by atomic mass is 79.9. The average Bonchev–Trinajstić information content (AvgIpc) is 2.95. The Balaban J connectivity index is 2.14. The molecule has 2 aromatic heterocycles. The van der Waals surface area contributed by atoms with Gasteiger partial charge in [-0.15, -0.1) is 0 Å². The quantitative estimate of drug-likeness (QED) is 0.554. The molecule has 0 saturated carbocycles. The van der Waals surface area contributed by atoms with Crippen molar-refractivity contribution in [1.29, 1.82) is 0 Å². The number of aromatic nitrogens is 3. The molecule has 8 heteroatoms. The van der Waals surface area contributed by atoms with E-state index in [1.54, 1.807) is 17.8 Å². The molecule has 1 aliphatic heterocycles. The second-order valence-corrected chi connectivity index (χ2v) is 6.80. The first-order chi connectivity index (χ1) is 11.0. The summed E-state index contributed by atoms with van der Waals surface area (Å²) in [5.74, 6) is 6.65. The highest BCUT2D eigenvalue weighted by Gasteiger charge is 2.23. The van der Waals surface area contributed by atoms with E-state index < -0.39 is 0 Å². The predicted octanol–water partition coefficient (Wildman–Crippen LogP) is 1.71. The third-order valence-electron chi connectivity index (χ3n) is 4.15. The molecule has 0 bridgehead atoms. The van der Waals surface area contributed by atoms with Crippen molar-refractivity contribution in [1.82, 2.24) is 24.9 Å². The van der Waals surface area contributed by atoms with Crippen LogP contribution in [0.3, 0.4) is 0 Å². The smallest absolute Gasteiger partial charge is 0.165 e. The standard InChI is InChI=1S/C15H22BrN7/c1-9(8-22(2)18)11-7-20-23-14(17)12(16)13(21-15(11)23)10-4-3-5-19-6-10/h7-8,10,19H,3-6,17-18H2,1-2H3/b9-8+. The monoisotopic (exact) mass is 379 g/mol. The second-order valence-electron chi connectivity index (χ2n) is 6.01. The van der Waals surface area contributed by atoms with Crippen molar-refractivity contribution in [3.8, 4) is 0 Å². The van der Waals surface area contributed by atoms with E-state index in [4.69, 9.17) is 16.6 Å². The Kier molecular flexibility index (Phi) is 4.56. The fraction of sp³-hybridized carbons (Fsp3) is 0.467. The van der Waals surface area contributed by atoms with Crippen LogP contribution in [-0.4, -0.2) is 39.7 Å². The van der Waals surface area contributed by atoms with Crippen LogP contribution in [0.4, 0.5) is 5.82 Å². The Morgan fingerprint density at radius 1 is 1.57 bits per heavy atom. The number of nitrogens with one attached hydrogen (secondary N) is 1. The molecular weight excluding hydrogens is 358 g/mol. The molecule has 1 atom stereocenters. The lowest BCUT2D eigenvalue weighted by Gasteiger charge is -2.23. The maximum absolute atomic E-state index is 6.28. The van der Waals surface area contributed by atoms with Crippen LogP contribution in [0.1, 0.15) is 36.9 Å². The molecule has 3 rings (SSSR count). The van der Waals surface area contributed by atoms with E-state index in [9.17, 15) is 0 Å². The first kappa shape index (κ1) is 16.2. The zero-order valence-corrected chi connectivity index (χ0v) is 15.0. The van der Waals surface area contributed by atoms with Crippen LogP contribution < -0.4 is 16.9 Å². The molecule has 1 saturated heterocycles. The fourth-order valence-corrected chi connectivity index (χ4v) is 3.60. The van der Waals surface area contributed by atoms with Gasteiger partial charge in [0.1, 0.15) is 5.82 Å². The highest BCUT2D eigenvalue weighted by Crippen LogP contribution is 2.34. The number of nitrogens with two attached hydrogens (primary N) is 2. The van der Waals surface area contributed by atoms with E-state index in [0.717, 1.165) is 52.9 Å². The molecule has 7 nitrogen and oxygen atoms in total. The van der Waals surface area contributed by atoms with Crippen molar-refractivity contribution in [3.05, 3.63) is 28.1 Å². The number of piperidine rings is 1. The minimum absolute atomic E-state index is 0.356. The van der Waals surface area contributed by atoms with Gasteiger partial charge in [0.25, 0.3) is 0 Å². The first-order valence-electron chi connectivity index (χ1n) is 7.68. The number of hydrogen-bond acceptors (Lipinski definition) is 6. The Bertz CT molecular complexity index is 744. The van der Waals surface area contributed by atoms with Crippen LogP contribution in [0, 0.1) is 0 Å². The lowest BCUT2D eigenvalue weighted by Crippen LogP contribution is -2.29. The molecule has 0 spiro atoms. The number of nitrogens with zero attached hydrogens (tertiary/aromatic N) is 4. The Morgan fingerprint density at radius 2 is 2.35 bits per heavy atom. The molecule has 3 heterocycles. The van der Waals surface area contributed by atoms with Gasteiger partial charge in [0.05, 0.1) is 16.4 Å². The minimum atomic E-state index is 0.356. The Labute approximate surface area is 143 Å². The largest absolute Gasteiger partial charge is 0.383 e. The molecule has 1 fully saturated rings. The van der Waals surface area contributed by atoms with Gasteiger partial charge in [-0.05, 0) is 47.8 Å². The third kappa shape index (κ3) is 3.06. The van der Waals surface area contributed by atoms with E-state index >= 15 is 0 Å². The minimum Gasteiger partial charge on any atom is -0.383 e. The lowest BCUT2D eigenvalue weighted by molar-refractivity contribution is 0.453. The summed E-state index contributed by atoms with van der Waals surface area (Å²) in [6, 6.07) is 0. The molecule has 0 amide bonds. The van der Waals surface area contributed by atoms with Crippen molar-refractivity contribution in [2.45, 2.75) is 25.7 Å². The van der Waals surface area contributed by atoms with Gasteiger partial charge in [-0.3, -0.25) is 0 Å². The Hall–Kier alpha value is -1.64. The maximum atomic E-state index is 6.28. The second kappa shape index (κ2) is 6.46. The van der Waals surface area contributed by atoms with Gasteiger partial charge in [0, 0.05) is 31.3 Å². The number of rotatable bonds is 3. The number of halogens is 1. The molecule has 124 valence electrons. The first-order valence-corrected chi connectivity index (χ1v) is 8.48. The van der Waals surface area contributed by atoms with Crippen LogP contribution >= 0.6 is 15.9 Å². The number of anilines is 1. The van der Waals surface area contributed by atoms with Gasteiger partial charge < -0.3 is 16.1 Å². The van der Waals surface area contributed by atoms with Crippen molar-refractivity contribution < 1.29 is 0 Å². The molecule has 1 aliphatic rings. The maximum Gasteiger partial charge on any atom is 0.165 e. The van der Waals surface area contributed by atoms with Crippen molar-refractivity contribution >= 4 is 33.0 Å². The number of fused-ring (bicyclic) bond motifs is 1. The average molecular weight is 380 g/mol. The van der Waals surface area contributed by atoms with E-state index in [0.29, 0.717) is 11.7 Å². The van der Waals surface area contributed by atoms with Gasteiger partial charge in [-0.1, -0.05) is 0 Å². The van der Waals surface area contributed by atoms with Crippen LogP contribution in [0.25, 0.3) is 11.2 Å². The highest BCUT2D eigenvalue weighted by molar-refractivity contribution is 9.10.